The number of hydrogen-bond donors (Lipinski definition) is 1. The summed E-state index contributed by atoms with van der Waals surface area (Å²) in [4.78, 5) is 14.4. The Labute approximate surface area is 146 Å². The van der Waals surface area contributed by atoms with Gasteiger partial charge in [-0.15, -0.1) is 0 Å². The normalized spacial score (nSPS) is 13.3. The standard InChI is InChI=1S/C20H32N2O2/c1-7-22(8-2)18(16-10-9-11-17(14-16)24-6)15-21-19(23)12-13-20(3,4)5/h9-14,18H,7-8,15H2,1-6H3,(H,21,23)/b13-12+. The predicted octanol–water partition coefficient (Wildman–Crippen LogP) is 3.80. The van der Waals surface area contributed by atoms with Crippen LogP contribution in [0.2, 0.25) is 0 Å². The quantitative estimate of drug-likeness (QED) is 0.736. The first-order chi connectivity index (χ1) is 11.3. The van der Waals surface area contributed by atoms with Crippen LogP contribution in [0.5, 0.6) is 5.75 Å². The molecule has 1 rings (SSSR count). The lowest BCUT2D eigenvalue weighted by Gasteiger charge is -2.30. The highest BCUT2D eigenvalue weighted by molar-refractivity contribution is 5.87. The van der Waals surface area contributed by atoms with Crippen molar-refractivity contribution in [2.75, 3.05) is 26.7 Å². The molecule has 0 bridgehead atoms. The van der Waals surface area contributed by atoms with Gasteiger partial charge in [0.1, 0.15) is 5.75 Å². The van der Waals surface area contributed by atoms with Crippen molar-refractivity contribution in [3.8, 4) is 5.75 Å². The van der Waals surface area contributed by atoms with E-state index >= 15 is 0 Å². The van der Waals surface area contributed by atoms with Crippen LogP contribution < -0.4 is 10.1 Å². The summed E-state index contributed by atoms with van der Waals surface area (Å²) in [6, 6.07) is 8.18. The molecule has 0 aromatic heterocycles. The molecule has 0 spiro atoms. The monoisotopic (exact) mass is 332 g/mol. The Balaban J connectivity index is 2.87. The van der Waals surface area contributed by atoms with Crippen LogP contribution in [0.25, 0.3) is 0 Å². The minimum Gasteiger partial charge on any atom is -0.497 e. The fraction of sp³-hybridized carbons (Fsp3) is 0.550. The number of rotatable bonds is 8. The molecule has 4 nitrogen and oxygen atoms in total. The zero-order chi connectivity index (χ0) is 18.2. The largest absolute Gasteiger partial charge is 0.497 e. The number of amides is 1. The smallest absolute Gasteiger partial charge is 0.243 e. The van der Waals surface area contributed by atoms with Crippen LogP contribution in [0.3, 0.4) is 0 Å². The maximum atomic E-state index is 12.1. The Bertz CT molecular complexity index is 543. The zero-order valence-corrected chi connectivity index (χ0v) is 15.9. The van der Waals surface area contributed by atoms with Crippen LogP contribution in [0, 0.1) is 5.41 Å². The lowest BCUT2D eigenvalue weighted by atomic mass is 9.96. The maximum absolute atomic E-state index is 12.1. The van der Waals surface area contributed by atoms with E-state index in [-0.39, 0.29) is 17.4 Å². The van der Waals surface area contributed by atoms with Gasteiger partial charge < -0.3 is 10.1 Å². The van der Waals surface area contributed by atoms with E-state index in [9.17, 15) is 4.79 Å². The molecule has 0 heterocycles. The molecule has 1 amide bonds. The van der Waals surface area contributed by atoms with Crippen LogP contribution in [0.1, 0.15) is 46.2 Å². The maximum Gasteiger partial charge on any atom is 0.243 e. The molecule has 0 aliphatic rings. The highest BCUT2D eigenvalue weighted by Crippen LogP contribution is 2.23. The van der Waals surface area contributed by atoms with Crippen molar-refractivity contribution < 1.29 is 9.53 Å². The Morgan fingerprint density at radius 3 is 2.50 bits per heavy atom. The number of allylic oxidation sites excluding steroid dienone is 1. The van der Waals surface area contributed by atoms with E-state index in [4.69, 9.17) is 4.74 Å². The highest BCUT2D eigenvalue weighted by Gasteiger charge is 2.19. The average Bonchev–Trinajstić information content (AvgIpc) is 2.56. The topological polar surface area (TPSA) is 41.6 Å². The van der Waals surface area contributed by atoms with Gasteiger partial charge in [0.15, 0.2) is 0 Å². The second-order valence-corrected chi connectivity index (χ2v) is 6.96. The van der Waals surface area contributed by atoms with Gasteiger partial charge in [0.2, 0.25) is 5.91 Å². The molecule has 24 heavy (non-hydrogen) atoms. The Morgan fingerprint density at radius 2 is 1.96 bits per heavy atom. The van der Waals surface area contributed by atoms with E-state index in [1.165, 1.54) is 0 Å². The van der Waals surface area contributed by atoms with E-state index in [2.05, 4.69) is 50.9 Å². The highest BCUT2D eigenvalue weighted by atomic mass is 16.5. The Morgan fingerprint density at radius 1 is 1.29 bits per heavy atom. The number of carbonyl (C=O) groups is 1. The van der Waals surface area contributed by atoms with Crippen molar-refractivity contribution in [2.24, 2.45) is 5.41 Å². The molecule has 134 valence electrons. The molecular weight excluding hydrogens is 300 g/mol. The van der Waals surface area contributed by atoms with E-state index in [1.807, 2.05) is 24.3 Å². The SMILES string of the molecule is CCN(CC)C(CNC(=O)/C=C/C(C)(C)C)c1cccc(OC)c1. The second kappa shape index (κ2) is 9.48. The van der Waals surface area contributed by atoms with Gasteiger partial charge in [-0.05, 0) is 42.3 Å². The van der Waals surface area contributed by atoms with E-state index in [0.717, 1.165) is 24.4 Å². The molecule has 1 aromatic rings. The first-order valence-electron chi connectivity index (χ1n) is 8.65. The van der Waals surface area contributed by atoms with Crippen molar-refractivity contribution in [3.05, 3.63) is 42.0 Å². The summed E-state index contributed by atoms with van der Waals surface area (Å²) >= 11 is 0. The third kappa shape index (κ3) is 6.75. The van der Waals surface area contributed by atoms with E-state index in [1.54, 1.807) is 13.2 Å². The summed E-state index contributed by atoms with van der Waals surface area (Å²) < 4.78 is 5.34. The van der Waals surface area contributed by atoms with Crippen LogP contribution in [-0.4, -0.2) is 37.6 Å². The van der Waals surface area contributed by atoms with Gasteiger partial charge in [-0.2, -0.15) is 0 Å². The van der Waals surface area contributed by atoms with Gasteiger partial charge in [0.05, 0.1) is 13.2 Å². The lowest BCUT2D eigenvalue weighted by Crippen LogP contribution is -2.37. The third-order valence-corrected chi connectivity index (χ3v) is 3.94. The van der Waals surface area contributed by atoms with Crippen LogP contribution >= 0.6 is 0 Å². The first-order valence-corrected chi connectivity index (χ1v) is 8.65. The molecule has 4 heteroatoms. The number of methoxy groups -OCH3 is 1. The summed E-state index contributed by atoms with van der Waals surface area (Å²) in [6.07, 6.45) is 3.56. The first kappa shape index (κ1) is 20.2. The summed E-state index contributed by atoms with van der Waals surface area (Å²) in [5.41, 5.74) is 1.15. The molecule has 1 unspecified atom stereocenters. The number of ether oxygens (including phenoxy) is 1. The van der Waals surface area contributed by atoms with Gasteiger partial charge in [0, 0.05) is 6.54 Å². The molecule has 0 radical (unpaired) electrons. The Hall–Kier alpha value is -1.81. The molecule has 0 aliphatic carbocycles. The van der Waals surface area contributed by atoms with Crippen molar-refractivity contribution in [2.45, 2.75) is 40.7 Å². The summed E-state index contributed by atoms with van der Waals surface area (Å²) in [5, 5.41) is 3.03. The summed E-state index contributed by atoms with van der Waals surface area (Å²) in [7, 11) is 1.67. The fourth-order valence-electron chi connectivity index (χ4n) is 2.55. The molecule has 0 saturated carbocycles. The number of nitrogens with zero attached hydrogens (tertiary/aromatic N) is 1. The molecule has 1 aromatic carbocycles. The van der Waals surface area contributed by atoms with Gasteiger partial charge in [0.25, 0.3) is 0 Å². The van der Waals surface area contributed by atoms with Gasteiger partial charge >= 0.3 is 0 Å². The molecule has 0 fully saturated rings. The van der Waals surface area contributed by atoms with Crippen LogP contribution in [0.15, 0.2) is 36.4 Å². The number of nitrogens with one attached hydrogen (secondary N) is 1. The van der Waals surface area contributed by atoms with E-state index in [0.29, 0.717) is 6.54 Å². The number of benzene rings is 1. The van der Waals surface area contributed by atoms with Crippen LogP contribution in [0.4, 0.5) is 0 Å². The number of likely N-dealkylation sites (N-methyl/N-ethyl adjacent to an activating group) is 1. The number of hydrogen-bond acceptors (Lipinski definition) is 3. The summed E-state index contributed by atoms with van der Waals surface area (Å²) in [5.74, 6) is 0.786. The van der Waals surface area contributed by atoms with Gasteiger partial charge in [-0.3, -0.25) is 9.69 Å². The van der Waals surface area contributed by atoms with Crippen molar-refractivity contribution in [1.29, 1.82) is 0 Å². The van der Waals surface area contributed by atoms with Crippen LogP contribution in [-0.2, 0) is 4.79 Å². The molecular formula is C20H32N2O2. The van der Waals surface area contributed by atoms with Crippen molar-refractivity contribution in [1.82, 2.24) is 10.2 Å². The minimum atomic E-state index is -0.0509. The zero-order valence-electron chi connectivity index (χ0n) is 15.9. The molecule has 0 saturated heterocycles. The minimum absolute atomic E-state index is 0.00239. The van der Waals surface area contributed by atoms with Gasteiger partial charge in [-0.1, -0.05) is 52.8 Å². The number of carbonyl (C=O) groups excluding carboxylic acids is 1. The molecule has 1 N–H and O–H groups in total. The Kier molecular flexibility index (Phi) is 7.99. The van der Waals surface area contributed by atoms with Gasteiger partial charge in [-0.25, -0.2) is 0 Å². The average molecular weight is 332 g/mol. The molecule has 1 atom stereocenters. The predicted molar refractivity (Wildman–Crippen MR) is 100 cm³/mol. The fourth-order valence-corrected chi connectivity index (χ4v) is 2.55. The molecule has 0 aliphatic heterocycles. The second-order valence-electron chi connectivity index (χ2n) is 6.96. The van der Waals surface area contributed by atoms with Crippen molar-refractivity contribution in [3.63, 3.8) is 0 Å². The van der Waals surface area contributed by atoms with Crippen molar-refractivity contribution >= 4 is 5.91 Å². The van der Waals surface area contributed by atoms with E-state index < -0.39 is 0 Å². The third-order valence-electron chi connectivity index (χ3n) is 3.94. The summed E-state index contributed by atoms with van der Waals surface area (Å²) in [6.45, 7) is 12.9. The lowest BCUT2D eigenvalue weighted by molar-refractivity contribution is -0.116.